The van der Waals surface area contributed by atoms with E-state index < -0.39 is 21.0 Å². The number of hydrogen-bond donors (Lipinski definition) is 0. The van der Waals surface area contributed by atoms with Gasteiger partial charge in [-0.25, -0.2) is 0 Å². The normalized spacial score (nSPS) is 15.4. The van der Waals surface area contributed by atoms with Crippen LogP contribution in [0.4, 0.5) is 0 Å². The van der Waals surface area contributed by atoms with Gasteiger partial charge in [0, 0.05) is 0 Å². The van der Waals surface area contributed by atoms with Gasteiger partial charge >= 0.3 is 254 Å². The molecule has 0 unspecified atom stereocenters. The van der Waals surface area contributed by atoms with Crippen molar-refractivity contribution in [2.75, 3.05) is 0 Å². The molecule has 0 aliphatic heterocycles. The molecule has 0 amide bonds. The number of thiophene rings is 1. The summed E-state index contributed by atoms with van der Waals surface area (Å²) in [4.78, 5) is 2.87. The summed E-state index contributed by atoms with van der Waals surface area (Å²) in [6, 6.07) is 28.3. The second kappa shape index (κ2) is 10.4. The molecule has 2 aliphatic carbocycles. The van der Waals surface area contributed by atoms with E-state index in [1.165, 1.54) is 37.6 Å². The molecule has 0 saturated carbocycles. The van der Waals surface area contributed by atoms with Crippen molar-refractivity contribution >= 4 is 17.9 Å². The molecule has 0 radical (unpaired) electrons. The van der Waals surface area contributed by atoms with Gasteiger partial charge in [0.15, 0.2) is 0 Å². The van der Waals surface area contributed by atoms with E-state index in [0.717, 1.165) is 6.42 Å². The number of aryl methyl sites for hydroxylation is 1. The first-order valence-electron chi connectivity index (χ1n) is 14.5. The Balaban J connectivity index is 1.71. The average Bonchev–Trinajstić information content (AvgIpc) is 3.66. The summed E-state index contributed by atoms with van der Waals surface area (Å²) in [6.45, 7) is 16.5. The van der Waals surface area contributed by atoms with Crippen molar-refractivity contribution in [3.05, 3.63) is 135 Å². The molecule has 0 bridgehead atoms. The Morgan fingerprint density at radius 3 is 2.10 bits per heavy atom. The second-order valence-electron chi connectivity index (χ2n) is 13.4. The van der Waals surface area contributed by atoms with Crippen LogP contribution in [0.5, 0.6) is 0 Å². The quantitative estimate of drug-likeness (QED) is 0.163. The van der Waals surface area contributed by atoms with Gasteiger partial charge < -0.3 is 0 Å². The third-order valence-electron chi connectivity index (χ3n) is 8.42. The first-order valence-corrected chi connectivity index (χ1v) is 21.0. The molecule has 3 aromatic carbocycles. The summed E-state index contributed by atoms with van der Waals surface area (Å²) in [5, 5.41) is 0. The Morgan fingerprint density at radius 1 is 0.775 bits per heavy atom. The Labute approximate surface area is 252 Å². The fraction of sp³-hybridized carbons (Fsp3) is 0.289. The third-order valence-corrected chi connectivity index (χ3v) is 21.8. The SMILES string of the molecule is Cc1ccc([C](c2ccccc2)=[Hf]([c]2c(C(C)(C)C)ccc3c2Cc2cc(C(C)(C)C)ccc2-3)[CH]2C=CC=C2)s1. The van der Waals surface area contributed by atoms with Crippen molar-refractivity contribution in [2.24, 2.45) is 0 Å². The summed E-state index contributed by atoms with van der Waals surface area (Å²) >= 11 is -0.908. The van der Waals surface area contributed by atoms with E-state index in [9.17, 15) is 0 Å². The summed E-state index contributed by atoms with van der Waals surface area (Å²) < 4.78 is 3.92. The van der Waals surface area contributed by atoms with Crippen LogP contribution in [0.15, 0.2) is 97.1 Å². The van der Waals surface area contributed by atoms with Gasteiger partial charge in [-0.2, -0.15) is 0 Å². The fourth-order valence-electron chi connectivity index (χ4n) is 6.36. The maximum atomic E-state index is 2.51. The van der Waals surface area contributed by atoms with E-state index in [1.807, 2.05) is 11.3 Å². The number of fused-ring (bicyclic) bond motifs is 3. The Hall–Kier alpha value is -2.42. The maximum absolute atomic E-state index is 2.89. The first-order chi connectivity index (χ1) is 19.0. The number of rotatable bonds is 4. The van der Waals surface area contributed by atoms with Crippen LogP contribution in [-0.4, -0.2) is 3.26 Å². The molecule has 6 rings (SSSR count). The first kappa shape index (κ1) is 27.7. The summed E-state index contributed by atoms with van der Waals surface area (Å²) in [5.41, 5.74) is 10.7. The van der Waals surface area contributed by atoms with Crippen LogP contribution in [0.25, 0.3) is 11.1 Å². The Kier molecular flexibility index (Phi) is 7.24. The van der Waals surface area contributed by atoms with E-state index in [4.69, 9.17) is 0 Å². The van der Waals surface area contributed by atoms with Gasteiger partial charge in [-0.1, -0.05) is 0 Å². The molecule has 2 aliphatic rings. The monoisotopic (exact) mass is 708 g/mol. The zero-order valence-corrected chi connectivity index (χ0v) is 29.3. The molecule has 0 saturated heterocycles. The van der Waals surface area contributed by atoms with Crippen LogP contribution in [0.1, 0.15) is 79.1 Å². The van der Waals surface area contributed by atoms with E-state index >= 15 is 0 Å². The molecule has 4 aromatic rings. The van der Waals surface area contributed by atoms with Crippen LogP contribution in [0, 0.1) is 6.92 Å². The van der Waals surface area contributed by atoms with Crippen LogP contribution in [-0.2, 0) is 38.2 Å². The topological polar surface area (TPSA) is 0 Å². The summed E-state index contributed by atoms with van der Waals surface area (Å²) in [5.74, 6) is 0. The molecule has 2 heteroatoms. The van der Waals surface area contributed by atoms with Gasteiger partial charge in [-0.15, -0.1) is 0 Å². The molecule has 1 heterocycles. The van der Waals surface area contributed by atoms with Crippen molar-refractivity contribution in [3.63, 3.8) is 0 Å². The van der Waals surface area contributed by atoms with Gasteiger partial charge in [0.25, 0.3) is 0 Å². The standard InChI is InChI=1S/C21H25.C12H10S.C5H5.Hf/c1-20(2,3)16-7-9-18-14(12-16)11-15-13-17(21(4,5)6)8-10-19(15)18;1-10-7-8-12(13-10)9-11-5-3-2-4-6-11;1-2-4-5-3-1;/h7-10,12H,11H2,1-6H3;2-8H,1H3;1-5H;. The zero-order chi connectivity index (χ0) is 28.2. The van der Waals surface area contributed by atoms with Crippen molar-refractivity contribution in [1.82, 2.24) is 0 Å². The van der Waals surface area contributed by atoms with Gasteiger partial charge in [0.1, 0.15) is 0 Å². The van der Waals surface area contributed by atoms with E-state index in [2.05, 4.69) is 146 Å². The predicted octanol–water partition coefficient (Wildman–Crippen LogP) is 9.65. The predicted molar refractivity (Wildman–Crippen MR) is 172 cm³/mol. The van der Waals surface area contributed by atoms with Crippen LogP contribution < -0.4 is 3.32 Å². The van der Waals surface area contributed by atoms with Gasteiger partial charge in [0.2, 0.25) is 0 Å². The van der Waals surface area contributed by atoms with Crippen LogP contribution in [0.3, 0.4) is 0 Å². The van der Waals surface area contributed by atoms with Gasteiger partial charge in [-0.05, 0) is 0 Å². The van der Waals surface area contributed by atoms with E-state index in [1.54, 1.807) is 17.7 Å². The number of allylic oxidation sites excluding steroid dienone is 4. The second-order valence-corrected chi connectivity index (χ2v) is 23.7. The average molecular weight is 707 g/mol. The minimum atomic E-state index is -2.89. The van der Waals surface area contributed by atoms with E-state index in [0.29, 0.717) is 3.67 Å². The molecule has 0 fully saturated rings. The molecule has 0 atom stereocenters. The number of hydrogen-bond acceptors (Lipinski definition) is 1. The molecule has 202 valence electrons. The van der Waals surface area contributed by atoms with E-state index in [-0.39, 0.29) is 10.8 Å². The molecule has 1 aromatic heterocycles. The molecular formula is C38H40HfS. The summed E-state index contributed by atoms with van der Waals surface area (Å²) in [7, 11) is 0. The van der Waals surface area contributed by atoms with Crippen molar-refractivity contribution in [1.29, 1.82) is 0 Å². The fourth-order valence-corrected chi connectivity index (χ4v) is 21.8. The van der Waals surface area contributed by atoms with Crippen molar-refractivity contribution in [3.8, 4) is 11.1 Å². The molecule has 40 heavy (non-hydrogen) atoms. The molecular weight excluding hydrogens is 667 g/mol. The minimum absolute atomic E-state index is 0.0742. The summed E-state index contributed by atoms with van der Waals surface area (Å²) in [6.07, 6.45) is 10.7. The Morgan fingerprint density at radius 2 is 1.48 bits per heavy atom. The van der Waals surface area contributed by atoms with Crippen LogP contribution >= 0.6 is 11.3 Å². The Bertz CT molecular complexity index is 1670. The van der Waals surface area contributed by atoms with Crippen LogP contribution in [0.2, 0.25) is 3.67 Å². The molecule has 0 spiro atoms. The van der Waals surface area contributed by atoms with Crippen molar-refractivity contribution < 1.29 is 21.0 Å². The number of benzene rings is 3. The zero-order valence-electron chi connectivity index (χ0n) is 24.9. The molecule has 0 N–H and O–H groups in total. The third kappa shape index (κ3) is 5.07. The van der Waals surface area contributed by atoms with Crippen molar-refractivity contribution in [2.45, 2.75) is 69.4 Å². The molecule has 0 nitrogen and oxygen atoms in total. The van der Waals surface area contributed by atoms with Gasteiger partial charge in [0.05, 0.1) is 0 Å². The van der Waals surface area contributed by atoms with Gasteiger partial charge in [-0.3, -0.25) is 0 Å².